The standard InChI is InChI=1S/C19H22FNO2/c1-14-18(11-13-23-14)19(22)21(17-4-2-3-5-17)12-10-15-6-8-16(20)9-7-15/h6-9,11,13,17H,2-5,10,12H2,1H3. The molecular formula is C19H22FNO2. The lowest BCUT2D eigenvalue weighted by Gasteiger charge is -2.29. The van der Waals surface area contributed by atoms with Crippen LogP contribution in [0.25, 0.3) is 0 Å². The molecule has 3 rings (SSSR count). The Morgan fingerprint density at radius 2 is 1.91 bits per heavy atom. The molecule has 1 aromatic carbocycles. The third kappa shape index (κ3) is 3.63. The highest BCUT2D eigenvalue weighted by Gasteiger charge is 2.28. The van der Waals surface area contributed by atoms with E-state index >= 15 is 0 Å². The second-order valence-corrected chi connectivity index (χ2v) is 6.20. The minimum Gasteiger partial charge on any atom is -0.469 e. The molecule has 3 nitrogen and oxygen atoms in total. The lowest BCUT2D eigenvalue weighted by atomic mass is 10.1. The van der Waals surface area contributed by atoms with Crippen LogP contribution in [0.1, 0.15) is 47.4 Å². The Balaban J connectivity index is 1.74. The molecule has 1 amide bonds. The number of hydrogen-bond donors (Lipinski definition) is 0. The van der Waals surface area contributed by atoms with E-state index in [0.29, 0.717) is 23.9 Å². The van der Waals surface area contributed by atoms with Crippen LogP contribution in [0.5, 0.6) is 0 Å². The van der Waals surface area contributed by atoms with E-state index in [1.165, 1.54) is 25.0 Å². The second kappa shape index (κ2) is 6.99. The van der Waals surface area contributed by atoms with Gasteiger partial charge in [-0.15, -0.1) is 0 Å². The maximum atomic E-state index is 13.0. The molecule has 1 fully saturated rings. The van der Waals surface area contributed by atoms with Crippen LogP contribution in [0.2, 0.25) is 0 Å². The molecule has 23 heavy (non-hydrogen) atoms. The van der Waals surface area contributed by atoms with E-state index in [-0.39, 0.29) is 11.7 Å². The van der Waals surface area contributed by atoms with Gasteiger partial charge in [-0.1, -0.05) is 25.0 Å². The van der Waals surface area contributed by atoms with Crippen molar-refractivity contribution in [1.29, 1.82) is 0 Å². The molecule has 0 unspecified atom stereocenters. The first-order chi connectivity index (χ1) is 11.1. The van der Waals surface area contributed by atoms with Crippen molar-refractivity contribution in [3.8, 4) is 0 Å². The Morgan fingerprint density at radius 3 is 2.52 bits per heavy atom. The third-order valence-electron chi connectivity index (χ3n) is 4.67. The average Bonchev–Trinajstić information content (AvgIpc) is 3.21. The molecule has 1 heterocycles. The molecule has 1 aliphatic carbocycles. The quantitative estimate of drug-likeness (QED) is 0.821. The molecule has 0 radical (unpaired) electrons. The highest BCUT2D eigenvalue weighted by Crippen LogP contribution is 2.26. The van der Waals surface area contributed by atoms with Crippen molar-refractivity contribution in [2.24, 2.45) is 0 Å². The zero-order chi connectivity index (χ0) is 16.2. The Labute approximate surface area is 136 Å². The van der Waals surface area contributed by atoms with Crippen LogP contribution in [0, 0.1) is 12.7 Å². The van der Waals surface area contributed by atoms with Gasteiger partial charge in [0.2, 0.25) is 0 Å². The van der Waals surface area contributed by atoms with Crippen LogP contribution in [0.3, 0.4) is 0 Å². The van der Waals surface area contributed by atoms with Crippen LogP contribution in [-0.4, -0.2) is 23.4 Å². The van der Waals surface area contributed by atoms with Crippen molar-refractivity contribution < 1.29 is 13.6 Å². The Bertz CT molecular complexity index is 656. The lowest BCUT2D eigenvalue weighted by Crippen LogP contribution is -2.40. The Hall–Kier alpha value is -2.10. The molecule has 1 aliphatic rings. The summed E-state index contributed by atoms with van der Waals surface area (Å²) < 4.78 is 18.3. The first-order valence-corrected chi connectivity index (χ1v) is 8.24. The first-order valence-electron chi connectivity index (χ1n) is 8.24. The number of hydrogen-bond acceptors (Lipinski definition) is 2. The van der Waals surface area contributed by atoms with Gasteiger partial charge in [0.05, 0.1) is 11.8 Å². The molecular weight excluding hydrogens is 293 g/mol. The van der Waals surface area contributed by atoms with E-state index in [0.717, 1.165) is 24.8 Å². The summed E-state index contributed by atoms with van der Waals surface area (Å²) in [6.45, 7) is 2.47. The highest BCUT2D eigenvalue weighted by atomic mass is 19.1. The van der Waals surface area contributed by atoms with Crippen molar-refractivity contribution in [2.75, 3.05) is 6.54 Å². The van der Waals surface area contributed by atoms with E-state index in [2.05, 4.69) is 0 Å². The molecule has 122 valence electrons. The van der Waals surface area contributed by atoms with E-state index < -0.39 is 0 Å². The van der Waals surface area contributed by atoms with E-state index in [9.17, 15) is 9.18 Å². The summed E-state index contributed by atoms with van der Waals surface area (Å²) in [4.78, 5) is 14.9. The predicted molar refractivity (Wildman–Crippen MR) is 86.8 cm³/mol. The first kappa shape index (κ1) is 15.8. The summed E-state index contributed by atoms with van der Waals surface area (Å²) in [6.07, 6.45) is 6.78. The molecule has 0 spiro atoms. The number of carbonyl (C=O) groups is 1. The van der Waals surface area contributed by atoms with E-state index in [4.69, 9.17) is 4.42 Å². The van der Waals surface area contributed by atoms with E-state index in [1.807, 2.05) is 11.8 Å². The van der Waals surface area contributed by atoms with Gasteiger partial charge in [-0.3, -0.25) is 4.79 Å². The van der Waals surface area contributed by atoms with Gasteiger partial charge >= 0.3 is 0 Å². The van der Waals surface area contributed by atoms with Gasteiger partial charge in [0.15, 0.2) is 0 Å². The third-order valence-corrected chi connectivity index (χ3v) is 4.67. The second-order valence-electron chi connectivity index (χ2n) is 6.20. The number of halogens is 1. The van der Waals surface area contributed by atoms with Crippen LogP contribution in [0.15, 0.2) is 41.0 Å². The maximum absolute atomic E-state index is 13.0. The molecule has 0 aliphatic heterocycles. The van der Waals surface area contributed by atoms with E-state index in [1.54, 1.807) is 24.5 Å². The summed E-state index contributed by atoms with van der Waals surface area (Å²) in [6, 6.07) is 8.56. The van der Waals surface area contributed by atoms with Crippen LogP contribution < -0.4 is 0 Å². The van der Waals surface area contributed by atoms with Gasteiger partial charge in [-0.2, -0.15) is 0 Å². The number of nitrogens with zero attached hydrogens (tertiary/aromatic N) is 1. The molecule has 0 bridgehead atoms. The fourth-order valence-corrected chi connectivity index (χ4v) is 3.33. The fourth-order valence-electron chi connectivity index (χ4n) is 3.33. The number of benzene rings is 1. The summed E-state index contributed by atoms with van der Waals surface area (Å²) >= 11 is 0. The van der Waals surface area contributed by atoms with Gasteiger partial charge in [-0.25, -0.2) is 4.39 Å². The average molecular weight is 315 g/mol. The minimum absolute atomic E-state index is 0.0465. The Morgan fingerprint density at radius 1 is 1.22 bits per heavy atom. The van der Waals surface area contributed by atoms with Crippen molar-refractivity contribution in [3.05, 3.63) is 59.3 Å². The number of furan rings is 1. The Kier molecular flexibility index (Phi) is 4.79. The molecule has 0 atom stereocenters. The SMILES string of the molecule is Cc1occc1C(=O)N(CCc1ccc(F)cc1)C1CCCC1. The molecule has 2 aromatic rings. The number of aryl methyl sites for hydroxylation is 1. The van der Waals surface area contributed by atoms with Crippen molar-refractivity contribution in [2.45, 2.75) is 45.1 Å². The fraction of sp³-hybridized carbons (Fsp3) is 0.421. The van der Waals surface area contributed by atoms with Crippen LogP contribution >= 0.6 is 0 Å². The van der Waals surface area contributed by atoms with Gasteiger partial charge < -0.3 is 9.32 Å². The zero-order valence-corrected chi connectivity index (χ0v) is 13.4. The topological polar surface area (TPSA) is 33.5 Å². The number of rotatable bonds is 5. The molecule has 0 saturated heterocycles. The summed E-state index contributed by atoms with van der Waals surface area (Å²) in [5.41, 5.74) is 1.70. The van der Waals surface area contributed by atoms with Crippen molar-refractivity contribution in [3.63, 3.8) is 0 Å². The van der Waals surface area contributed by atoms with Gasteiger partial charge in [0, 0.05) is 12.6 Å². The zero-order valence-electron chi connectivity index (χ0n) is 13.4. The molecule has 1 saturated carbocycles. The minimum atomic E-state index is -0.230. The molecule has 0 N–H and O–H groups in total. The maximum Gasteiger partial charge on any atom is 0.257 e. The lowest BCUT2D eigenvalue weighted by molar-refractivity contribution is 0.0682. The smallest absolute Gasteiger partial charge is 0.257 e. The van der Waals surface area contributed by atoms with Gasteiger partial charge in [0.25, 0.3) is 5.91 Å². The van der Waals surface area contributed by atoms with Gasteiger partial charge in [0.1, 0.15) is 11.6 Å². The molecule has 4 heteroatoms. The molecule has 1 aromatic heterocycles. The van der Waals surface area contributed by atoms with Gasteiger partial charge in [-0.05, 0) is 49.9 Å². The summed E-state index contributed by atoms with van der Waals surface area (Å²) in [5, 5.41) is 0. The highest BCUT2D eigenvalue weighted by molar-refractivity contribution is 5.95. The number of amides is 1. The van der Waals surface area contributed by atoms with Crippen LogP contribution in [0.4, 0.5) is 4.39 Å². The monoisotopic (exact) mass is 315 g/mol. The predicted octanol–water partition coefficient (Wildman–Crippen LogP) is 4.35. The van der Waals surface area contributed by atoms with Crippen LogP contribution in [-0.2, 0) is 6.42 Å². The summed E-state index contributed by atoms with van der Waals surface area (Å²) in [5.74, 6) is 0.483. The normalized spacial score (nSPS) is 15.0. The summed E-state index contributed by atoms with van der Waals surface area (Å²) in [7, 11) is 0. The van der Waals surface area contributed by atoms with Crippen molar-refractivity contribution in [1.82, 2.24) is 4.90 Å². The largest absolute Gasteiger partial charge is 0.469 e. The number of carbonyl (C=O) groups excluding carboxylic acids is 1. The van der Waals surface area contributed by atoms with Crippen molar-refractivity contribution >= 4 is 5.91 Å².